The quantitative estimate of drug-likeness (QED) is 0.442. The van der Waals surface area contributed by atoms with Crippen LogP contribution < -0.4 is 16.2 Å². The highest BCUT2D eigenvalue weighted by Gasteiger charge is 2.29. The molecule has 0 aromatic heterocycles. The molecule has 0 amide bonds. The second-order valence-electron chi connectivity index (χ2n) is 3.42. The molecule has 0 fully saturated rings. The number of nitro benzene ring substituents is 1. The van der Waals surface area contributed by atoms with E-state index in [1.165, 1.54) is 12.1 Å². The zero-order valence-corrected chi connectivity index (χ0v) is 9.20. The Morgan fingerprint density at radius 1 is 1.50 bits per heavy atom. The van der Waals surface area contributed by atoms with Gasteiger partial charge in [0.05, 0.1) is 22.8 Å². The minimum atomic E-state index is -0.465. The smallest absolute Gasteiger partial charge is 0.278 e. The third-order valence-electron chi connectivity index (χ3n) is 2.45. The van der Waals surface area contributed by atoms with Gasteiger partial charge in [0.1, 0.15) is 0 Å². The Balaban J connectivity index is 0.00000128. The van der Waals surface area contributed by atoms with E-state index >= 15 is 0 Å². The normalized spacial score (nSPS) is 17.9. The van der Waals surface area contributed by atoms with E-state index in [0.29, 0.717) is 30.0 Å². The third-order valence-corrected chi connectivity index (χ3v) is 2.45. The Kier molecular flexibility index (Phi) is 3.56. The molecule has 0 aliphatic carbocycles. The van der Waals surface area contributed by atoms with Gasteiger partial charge in [-0.1, -0.05) is 0 Å². The molecule has 1 aromatic rings. The third kappa shape index (κ3) is 1.89. The molecule has 0 bridgehead atoms. The Bertz CT molecular complexity index is 425. The monoisotopic (exact) mass is 245 g/mol. The summed E-state index contributed by atoms with van der Waals surface area (Å²) in [5.41, 5.74) is 12.3. The van der Waals surface area contributed by atoms with Gasteiger partial charge in [-0.25, -0.2) is 0 Å². The summed E-state index contributed by atoms with van der Waals surface area (Å²) >= 11 is 0. The molecule has 7 heteroatoms. The van der Waals surface area contributed by atoms with Gasteiger partial charge in [-0.15, -0.1) is 12.4 Å². The number of nitrogens with two attached hydrogens (primary N) is 2. The average Bonchev–Trinajstić information content (AvgIpc) is 2.19. The second kappa shape index (κ2) is 4.54. The lowest BCUT2D eigenvalue weighted by molar-refractivity contribution is -0.385. The van der Waals surface area contributed by atoms with Crippen molar-refractivity contribution in [3.63, 3.8) is 0 Å². The van der Waals surface area contributed by atoms with Gasteiger partial charge in [0.15, 0.2) is 5.75 Å². The van der Waals surface area contributed by atoms with Crippen molar-refractivity contribution < 1.29 is 9.66 Å². The summed E-state index contributed by atoms with van der Waals surface area (Å²) in [4.78, 5) is 10.3. The molecule has 0 unspecified atom stereocenters. The lowest BCUT2D eigenvalue weighted by atomic mass is 9.98. The van der Waals surface area contributed by atoms with E-state index in [9.17, 15) is 10.1 Å². The van der Waals surface area contributed by atoms with Gasteiger partial charge in [0.25, 0.3) is 5.69 Å². The zero-order valence-electron chi connectivity index (χ0n) is 8.38. The van der Waals surface area contributed by atoms with Crippen molar-refractivity contribution >= 4 is 23.8 Å². The highest BCUT2D eigenvalue weighted by atomic mass is 35.5. The molecule has 1 aliphatic rings. The van der Waals surface area contributed by atoms with Gasteiger partial charge in [-0.2, -0.15) is 0 Å². The first-order valence-corrected chi connectivity index (χ1v) is 4.56. The Labute approximate surface area is 98.1 Å². The van der Waals surface area contributed by atoms with Crippen LogP contribution in [0.2, 0.25) is 0 Å². The van der Waals surface area contributed by atoms with E-state index in [1.807, 2.05) is 0 Å². The van der Waals surface area contributed by atoms with Gasteiger partial charge in [0, 0.05) is 18.5 Å². The summed E-state index contributed by atoms with van der Waals surface area (Å²) in [6, 6.07) is 2.45. The number of hydrogen-bond donors (Lipinski definition) is 2. The fourth-order valence-electron chi connectivity index (χ4n) is 1.72. The van der Waals surface area contributed by atoms with Gasteiger partial charge in [-0.05, 0) is 6.07 Å². The first-order chi connectivity index (χ1) is 7.11. The molecule has 16 heavy (non-hydrogen) atoms. The van der Waals surface area contributed by atoms with Crippen LogP contribution in [-0.2, 0) is 0 Å². The Hall–Kier alpha value is -1.53. The first kappa shape index (κ1) is 12.5. The predicted molar refractivity (Wildman–Crippen MR) is 61.8 cm³/mol. The van der Waals surface area contributed by atoms with Crippen molar-refractivity contribution in [1.29, 1.82) is 0 Å². The zero-order chi connectivity index (χ0) is 11.0. The van der Waals surface area contributed by atoms with Gasteiger partial charge in [0.2, 0.25) is 0 Å². The van der Waals surface area contributed by atoms with Crippen LogP contribution >= 0.6 is 12.4 Å². The highest BCUT2D eigenvalue weighted by Crippen LogP contribution is 2.41. The van der Waals surface area contributed by atoms with E-state index in [1.54, 1.807) is 0 Å². The van der Waals surface area contributed by atoms with Crippen molar-refractivity contribution in [3.05, 3.63) is 27.8 Å². The molecule has 6 nitrogen and oxygen atoms in total. The molecule has 4 N–H and O–H groups in total. The molecule has 0 saturated heterocycles. The molecule has 1 atom stereocenters. The largest absolute Gasteiger partial charge is 0.491 e. The first-order valence-electron chi connectivity index (χ1n) is 4.56. The number of nitrogen functional groups attached to an aromatic ring is 1. The number of fused-ring (bicyclic) bond motifs is 1. The van der Waals surface area contributed by atoms with E-state index in [0.717, 1.165) is 0 Å². The standard InChI is InChI=1S/C9H11N3O3.ClH/c10-5-3-4-15-9-6(11)1-2-7(8(5)9)12(13)14;/h1-2,5H,3-4,10-11H2;1H/t5-;/m0./s1. The van der Waals surface area contributed by atoms with Crippen molar-refractivity contribution in [2.24, 2.45) is 5.73 Å². The number of ether oxygens (including phenoxy) is 1. The maximum absolute atomic E-state index is 10.8. The Morgan fingerprint density at radius 2 is 2.19 bits per heavy atom. The maximum Gasteiger partial charge on any atom is 0.278 e. The van der Waals surface area contributed by atoms with Crippen LogP contribution in [-0.4, -0.2) is 11.5 Å². The second-order valence-corrected chi connectivity index (χ2v) is 3.42. The molecule has 1 aromatic carbocycles. The maximum atomic E-state index is 10.8. The predicted octanol–water partition coefficient (Wildman–Crippen LogP) is 1.38. The van der Waals surface area contributed by atoms with Crippen molar-refractivity contribution in [2.75, 3.05) is 12.3 Å². The van der Waals surface area contributed by atoms with E-state index in [-0.39, 0.29) is 24.1 Å². The molecular formula is C9H12ClN3O3. The number of nitrogens with zero attached hydrogens (tertiary/aromatic N) is 1. The summed E-state index contributed by atoms with van der Waals surface area (Å²) in [5.74, 6) is 0.364. The van der Waals surface area contributed by atoms with Crippen LogP contribution in [0, 0.1) is 10.1 Å². The number of hydrogen-bond acceptors (Lipinski definition) is 5. The van der Waals surface area contributed by atoms with Gasteiger partial charge in [-0.3, -0.25) is 10.1 Å². The van der Waals surface area contributed by atoms with E-state index in [2.05, 4.69) is 0 Å². The van der Waals surface area contributed by atoms with Crippen molar-refractivity contribution in [3.8, 4) is 5.75 Å². The molecule has 1 aliphatic heterocycles. The number of halogens is 1. The van der Waals surface area contributed by atoms with Crippen LogP contribution in [0.1, 0.15) is 18.0 Å². The summed E-state index contributed by atoms with van der Waals surface area (Å²) in [7, 11) is 0. The van der Waals surface area contributed by atoms with Gasteiger partial charge >= 0.3 is 0 Å². The molecular weight excluding hydrogens is 234 g/mol. The number of benzene rings is 1. The molecule has 0 saturated carbocycles. The van der Waals surface area contributed by atoms with Crippen LogP contribution in [0.4, 0.5) is 11.4 Å². The Morgan fingerprint density at radius 3 is 2.81 bits per heavy atom. The van der Waals surface area contributed by atoms with Crippen molar-refractivity contribution in [2.45, 2.75) is 12.5 Å². The molecule has 1 heterocycles. The number of rotatable bonds is 1. The fourth-order valence-corrected chi connectivity index (χ4v) is 1.72. The van der Waals surface area contributed by atoms with E-state index in [4.69, 9.17) is 16.2 Å². The molecule has 0 radical (unpaired) electrons. The van der Waals surface area contributed by atoms with Crippen LogP contribution in [0.5, 0.6) is 5.75 Å². The highest BCUT2D eigenvalue weighted by molar-refractivity contribution is 5.85. The van der Waals surface area contributed by atoms with Crippen LogP contribution in [0.25, 0.3) is 0 Å². The summed E-state index contributed by atoms with van der Waals surface area (Å²) in [6.45, 7) is 0.444. The summed E-state index contributed by atoms with van der Waals surface area (Å²) < 4.78 is 5.31. The lowest BCUT2D eigenvalue weighted by Crippen LogP contribution is -2.22. The lowest BCUT2D eigenvalue weighted by Gasteiger charge is -2.23. The fraction of sp³-hybridized carbons (Fsp3) is 0.333. The molecule has 88 valence electrons. The molecule has 0 spiro atoms. The minimum Gasteiger partial charge on any atom is -0.491 e. The summed E-state index contributed by atoms with van der Waals surface area (Å²) in [6.07, 6.45) is 0.567. The van der Waals surface area contributed by atoms with Crippen LogP contribution in [0.15, 0.2) is 12.1 Å². The topological polar surface area (TPSA) is 104 Å². The SMILES string of the molecule is Cl.Nc1ccc([N+](=O)[O-])c2c1OCC[C@@H]2N. The minimum absolute atomic E-state index is 0. The summed E-state index contributed by atoms with van der Waals surface area (Å²) in [5, 5.41) is 10.8. The average molecular weight is 246 g/mol. The number of anilines is 1. The van der Waals surface area contributed by atoms with Crippen LogP contribution in [0.3, 0.4) is 0 Å². The molecule has 2 rings (SSSR count). The van der Waals surface area contributed by atoms with Gasteiger partial charge < -0.3 is 16.2 Å². The number of nitro groups is 1. The van der Waals surface area contributed by atoms with Crippen molar-refractivity contribution in [1.82, 2.24) is 0 Å². The van der Waals surface area contributed by atoms with E-state index < -0.39 is 4.92 Å².